The van der Waals surface area contributed by atoms with Crippen LogP contribution in [0.2, 0.25) is 0 Å². The van der Waals surface area contributed by atoms with Gasteiger partial charge in [-0.1, -0.05) is 13.8 Å². The predicted octanol–water partition coefficient (Wildman–Crippen LogP) is 1.31. The first-order chi connectivity index (χ1) is 9.69. The number of H-pyrrole nitrogens is 1. The van der Waals surface area contributed by atoms with Crippen LogP contribution in [0, 0.1) is 5.92 Å². The summed E-state index contributed by atoms with van der Waals surface area (Å²) >= 11 is 0. The van der Waals surface area contributed by atoms with Crippen molar-refractivity contribution < 1.29 is 4.79 Å². The van der Waals surface area contributed by atoms with Crippen molar-refractivity contribution in [3.05, 3.63) is 17.0 Å². The molecule has 1 aliphatic heterocycles. The largest absolute Gasteiger partial charge is 0.335 e. The molecule has 1 fully saturated rings. The fourth-order valence-electron chi connectivity index (χ4n) is 3.26. The van der Waals surface area contributed by atoms with Crippen LogP contribution in [0.5, 0.6) is 0 Å². The summed E-state index contributed by atoms with van der Waals surface area (Å²) in [6.45, 7) is 9.09. The van der Waals surface area contributed by atoms with Crippen LogP contribution in [0.3, 0.4) is 0 Å². The molecule has 1 aliphatic carbocycles. The van der Waals surface area contributed by atoms with E-state index in [1.807, 2.05) is 4.90 Å². The molecule has 1 aromatic heterocycles. The van der Waals surface area contributed by atoms with Crippen molar-refractivity contribution in [2.75, 3.05) is 32.7 Å². The van der Waals surface area contributed by atoms with Crippen LogP contribution in [0.4, 0.5) is 0 Å². The minimum absolute atomic E-state index is 0.118. The number of likely N-dealkylation sites (N-methyl/N-ethyl adjacent to an activating group) is 1. The Hall–Kier alpha value is -1.36. The number of fused-ring (bicyclic) bond motifs is 1. The van der Waals surface area contributed by atoms with Gasteiger partial charge in [0.1, 0.15) is 0 Å². The third kappa shape index (κ3) is 2.46. The number of hydrogen-bond acceptors (Lipinski definition) is 3. The summed E-state index contributed by atoms with van der Waals surface area (Å²) in [5, 5.41) is 7.40. The molecule has 1 amide bonds. The number of aromatic nitrogens is 2. The van der Waals surface area contributed by atoms with Crippen molar-refractivity contribution in [2.45, 2.75) is 33.1 Å². The Bertz CT molecular complexity index is 488. The average Bonchev–Trinajstić information content (AvgIpc) is 2.89. The van der Waals surface area contributed by atoms with Gasteiger partial charge < -0.3 is 9.80 Å². The maximum absolute atomic E-state index is 12.7. The topological polar surface area (TPSA) is 52.2 Å². The summed E-state index contributed by atoms with van der Waals surface area (Å²) in [7, 11) is 0. The van der Waals surface area contributed by atoms with Crippen molar-refractivity contribution >= 4 is 5.91 Å². The summed E-state index contributed by atoms with van der Waals surface area (Å²) in [6.07, 6.45) is 3.21. The van der Waals surface area contributed by atoms with Crippen molar-refractivity contribution in [1.29, 1.82) is 0 Å². The van der Waals surface area contributed by atoms with Gasteiger partial charge in [0.15, 0.2) is 5.69 Å². The lowest BCUT2D eigenvalue weighted by atomic mass is 9.87. The summed E-state index contributed by atoms with van der Waals surface area (Å²) in [5.74, 6) is 0.774. The normalized spacial score (nSPS) is 23.7. The van der Waals surface area contributed by atoms with E-state index in [9.17, 15) is 4.79 Å². The first-order valence-electron chi connectivity index (χ1n) is 7.76. The number of aromatic amines is 1. The van der Waals surface area contributed by atoms with E-state index < -0.39 is 0 Å². The maximum Gasteiger partial charge on any atom is 0.274 e. The number of nitrogens with one attached hydrogen (secondary N) is 1. The smallest absolute Gasteiger partial charge is 0.274 e. The number of nitrogens with zero attached hydrogens (tertiary/aromatic N) is 3. The van der Waals surface area contributed by atoms with E-state index in [0.29, 0.717) is 11.6 Å². The Balaban J connectivity index is 1.73. The first kappa shape index (κ1) is 13.6. The van der Waals surface area contributed by atoms with Gasteiger partial charge in [-0.05, 0) is 31.7 Å². The van der Waals surface area contributed by atoms with Gasteiger partial charge in [0, 0.05) is 37.4 Å². The highest BCUT2D eigenvalue weighted by atomic mass is 16.2. The second kappa shape index (κ2) is 5.56. The number of rotatable bonds is 2. The number of amides is 1. The maximum atomic E-state index is 12.7. The molecular weight excluding hydrogens is 252 g/mol. The Morgan fingerprint density at radius 1 is 1.35 bits per heavy atom. The third-order valence-corrected chi connectivity index (χ3v) is 4.70. The molecule has 0 aromatic carbocycles. The average molecular weight is 276 g/mol. The summed E-state index contributed by atoms with van der Waals surface area (Å²) in [6, 6.07) is 0. The summed E-state index contributed by atoms with van der Waals surface area (Å²) < 4.78 is 0. The zero-order chi connectivity index (χ0) is 14.1. The summed E-state index contributed by atoms with van der Waals surface area (Å²) in [5.41, 5.74) is 3.03. The number of hydrogen-bond donors (Lipinski definition) is 1. The number of piperazine rings is 1. The van der Waals surface area contributed by atoms with Gasteiger partial charge in [-0.25, -0.2) is 0 Å². The second-order valence-corrected chi connectivity index (χ2v) is 6.10. The predicted molar refractivity (Wildman–Crippen MR) is 77.8 cm³/mol. The first-order valence-corrected chi connectivity index (χ1v) is 7.76. The minimum atomic E-state index is 0.118. The number of aryl methyl sites for hydroxylation is 1. The molecule has 20 heavy (non-hydrogen) atoms. The van der Waals surface area contributed by atoms with Crippen molar-refractivity contribution in [1.82, 2.24) is 20.0 Å². The van der Waals surface area contributed by atoms with Crippen LogP contribution in [-0.4, -0.2) is 58.6 Å². The molecule has 1 N–H and O–H groups in total. The molecule has 110 valence electrons. The molecule has 1 aromatic rings. The zero-order valence-corrected chi connectivity index (χ0v) is 12.5. The van der Waals surface area contributed by atoms with E-state index in [4.69, 9.17) is 0 Å². The highest BCUT2D eigenvalue weighted by molar-refractivity contribution is 5.94. The van der Waals surface area contributed by atoms with E-state index in [2.05, 4.69) is 28.9 Å². The van der Waals surface area contributed by atoms with Crippen molar-refractivity contribution in [3.8, 4) is 0 Å². The van der Waals surface area contributed by atoms with E-state index in [-0.39, 0.29) is 5.91 Å². The lowest BCUT2D eigenvalue weighted by molar-refractivity contribution is 0.0636. The van der Waals surface area contributed by atoms with Gasteiger partial charge in [0.05, 0.1) is 0 Å². The Labute approximate surface area is 120 Å². The fraction of sp³-hybridized carbons (Fsp3) is 0.733. The molecular formula is C15H24N4O. The number of carbonyl (C=O) groups excluding carboxylic acids is 1. The van der Waals surface area contributed by atoms with Gasteiger partial charge >= 0.3 is 0 Å². The van der Waals surface area contributed by atoms with Crippen molar-refractivity contribution in [3.63, 3.8) is 0 Å². The highest BCUT2D eigenvalue weighted by Gasteiger charge is 2.29. The van der Waals surface area contributed by atoms with Crippen LogP contribution in [0.25, 0.3) is 0 Å². The molecule has 3 rings (SSSR count). The fourth-order valence-corrected chi connectivity index (χ4v) is 3.26. The monoisotopic (exact) mass is 276 g/mol. The Morgan fingerprint density at radius 3 is 2.80 bits per heavy atom. The standard InChI is InChI=1S/C15H24N4O/c1-3-18-6-8-19(9-7-18)15(20)14-12-10-11(2)4-5-13(12)16-17-14/h11H,3-10H2,1-2H3,(H,16,17)/t11-/m0/s1. The van der Waals surface area contributed by atoms with Crippen LogP contribution >= 0.6 is 0 Å². The third-order valence-electron chi connectivity index (χ3n) is 4.70. The molecule has 0 spiro atoms. The molecule has 2 aliphatic rings. The Kier molecular flexibility index (Phi) is 3.78. The molecule has 0 radical (unpaired) electrons. The van der Waals surface area contributed by atoms with Crippen LogP contribution in [0.15, 0.2) is 0 Å². The van der Waals surface area contributed by atoms with E-state index in [0.717, 1.165) is 45.6 Å². The second-order valence-electron chi connectivity index (χ2n) is 6.10. The Morgan fingerprint density at radius 2 is 2.10 bits per heavy atom. The molecule has 5 heteroatoms. The molecule has 0 bridgehead atoms. The highest BCUT2D eigenvalue weighted by Crippen LogP contribution is 2.27. The van der Waals surface area contributed by atoms with Crippen LogP contribution in [-0.2, 0) is 12.8 Å². The molecule has 2 heterocycles. The zero-order valence-electron chi connectivity index (χ0n) is 12.5. The van der Waals surface area contributed by atoms with Crippen molar-refractivity contribution in [2.24, 2.45) is 5.92 Å². The van der Waals surface area contributed by atoms with Gasteiger partial charge in [0.2, 0.25) is 0 Å². The SMILES string of the molecule is CCN1CCN(C(=O)c2n[nH]c3c2C[C@@H](C)CC3)CC1. The van der Waals surface area contributed by atoms with Gasteiger partial charge in [-0.15, -0.1) is 0 Å². The molecule has 1 saturated heterocycles. The van der Waals surface area contributed by atoms with E-state index in [1.165, 1.54) is 17.7 Å². The molecule has 5 nitrogen and oxygen atoms in total. The lowest BCUT2D eigenvalue weighted by Crippen LogP contribution is -2.48. The van der Waals surface area contributed by atoms with Gasteiger partial charge in [0.25, 0.3) is 5.91 Å². The number of carbonyl (C=O) groups is 1. The molecule has 1 atom stereocenters. The summed E-state index contributed by atoms with van der Waals surface area (Å²) in [4.78, 5) is 17.0. The molecule has 0 saturated carbocycles. The lowest BCUT2D eigenvalue weighted by Gasteiger charge is -2.34. The van der Waals surface area contributed by atoms with Crippen LogP contribution in [0.1, 0.15) is 42.0 Å². The van der Waals surface area contributed by atoms with Gasteiger partial charge in [-0.3, -0.25) is 9.89 Å². The van der Waals surface area contributed by atoms with Gasteiger partial charge in [-0.2, -0.15) is 5.10 Å². The quantitative estimate of drug-likeness (QED) is 0.886. The van der Waals surface area contributed by atoms with Crippen LogP contribution < -0.4 is 0 Å². The van der Waals surface area contributed by atoms with E-state index in [1.54, 1.807) is 0 Å². The minimum Gasteiger partial charge on any atom is -0.335 e. The van der Waals surface area contributed by atoms with E-state index >= 15 is 0 Å². The molecule has 0 unspecified atom stereocenters.